The Labute approximate surface area is 105 Å². The molecule has 2 aromatic rings. The van der Waals surface area contributed by atoms with E-state index < -0.39 is 0 Å². The van der Waals surface area contributed by atoms with Gasteiger partial charge in [-0.05, 0) is 12.1 Å². The third-order valence-electron chi connectivity index (χ3n) is 2.00. The Morgan fingerprint density at radius 2 is 2.38 bits per heavy atom. The van der Waals surface area contributed by atoms with Crippen LogP contribution in [-0.4, -0.2) is 25.2 Å². The van der Waals surface area contributed by atoms with Crippen LogP contribution in [0.25, 0.3) is 10.2 Å². The van der Waals surface area contributed by atoms with Crippen LogP contribution in [0.3, 0.4) is 0 Å². The molecule has 0 fully saturated rings. The van der Waals surface area contributed by atoms with Gasteiger partial charge < -0.3 is 10.1 Å². The smallest absolute Gasteiger partial charge is 0.183 e. The monoisotopic (exact) mass is 304 g/mol. The highest BCUT2D eigenvalue weighted by Gasteiger charge is 2.09. The molecule has 0 aliphatic heterocycles. The van der Waals surface area contributed by atoms with Crippen molar-refractivity contribution in [3.63, 3.8) is 0 Å². The molecule has 0 aliphatic rings. The standard InChI is InChI=1S/C10H10BrFN2OS/c1-15-3-2-13-10-14-9-7(12)4-6(11)5-8(9)16-10/h4-5H,2-3H2,1H3,(H,13,14). The van der Waals surface area contributed by atoms with Crippen molar-refractivity contribution in [1.29, 1.82) is 0 Å². The molecule has 0 bridgehead atoms. The zero-order valence-corrected chi connectivity index (χ0v) is 11.0. The number of hydrogen-bond donors (Lipinski definition) is 1. The summed E-state index contributed by atoms with van der Waals surface area (Å²) in [6, 6.07) is 3.28. The Morgan fingerprint density at radius 1 is 1.56 bits per heavy atom. The first-order valence-corrected chi connectivity index (χ1v) is 6.30. The van der Waals surface area contributed by atoms with E-state index in [1.807, 2.05) is 6.07 Å². The fourth-order valence-corrected chi connectivity index (χ4v) is 2.82. The fraction of sp³-hybridized carbons (Fsp3) is 0.300. The van der Waals surface area contributed by atoms with Crippen LogP contribution in [-0.2, 0) is 4.74 Å². The van der Waals surface area contributed by atoms with Gasteiger partial charge in [-0.2, -0.15) is 0 Å². The molecule has 0 aliphatic carbocycles. The average Bonchev–Trinajstić information content (AvgIpc) is 2.61. The van der Waals surface area contributed by atoms with Crippen LogP contribution < -0.4 is 5.32 Å². The van der Waals surface area contributed by atoms with Gasteiger partial charge in [-0.1, -0.05) is 27.3 Å². The number of thiazole rings is 1. The predicted octanol–water partition coefficient (Wildman–Crippen LogP) is 3.26. The summed E-state index contributed by atoms with van der Waals surface area (Å²) in [4.78, 5) is 4.18. The van der Waals surface area contributed by atoms with E-state index in [2.05, 4.69) is 26.2 Å². The molecule has 0 unspecified atom stereocenters. The molecule has 3 nitrogen and oxygen atoms in total. The molecule has 1 heterocycles. The van der Waals surface area contributed by atoms with Crippen LogP contribution in [0.1, 0.15) is 0 Å². The molecule has 1 N–H and O–H groups in total. The number of benzene rings is 1. The zero-order chi connectivity index (χ0) is 11.5. The van der Waals surface area contributed by atoms with Gasteiger partial charge in [0.2, 0.25) is 0 Å². The van der Waals surface area contributed by atoms with Gasteiger partial charge in [0.25, 0.3) is 0 Å². The molecule has 0 spiro atoms. The Balaban J connectivity index is 2.26. The summed E-state index contributed by atoms with van der Waals surface area (Å²) >= 11 is 4.68. The van der Waals surface area contributed by atoms with Crippen LogP contribution >= 0.6 is 27.3 Å². The maximum Gasteiger partial charge on any atom is 0.183 e. The predicted molar refractivity (Wildman–Crippen MR) is 67.6 cm³/mol. The second-order valence-electron chi connectivity index (χ2n) is 3.17. The Morgan fingerprint density at radius 3 is 3.12 bits per heavy atom. The maximum absolute atomic E-state index is 13.5. The molecule has 0 radical (unpaired) electrons. The van der Waals surface area contributed by atoms with Crippen molar-refractivity contribution in [2.45, 2.75) is 0 Å². The van der Waals surface area contributed by atoms with E-state index in [9.17, 15) is 4.39 Å². The van der Waals surface area contributed by atoms with Crippen molar-refractivity contribution < 1.29 is 9.13 Å². The summed E-state index contributed by atoms with van der Waals surface area (Å²) in [6.07, 6.45) is 0. The number of aromatic nitrogens is 1. The third-order valence-corrected chi connectivity index (χ3v) is 3.41. The molecule has 86 valence electrons. The molecule has 1 aromatic heterocycles. The third kappa shape index (κ3) is 2.50. The molecule has 6 heteroatoms. The summed E-state index contributed by atoms with van der Waals surface area (Å²) in [7, 11) is 1.64. The number of methoxy groups -OCH3 is 1. The molecule has 0 saturated carbocycles. The largest absolute Gasteiger partial charge is 0.383 e. The van der Waals surface area contributed by atoms with Gasteiger partial charge in [-0.15, -0.1) is 0 Å². The van der Waals surface area contributed by atoms with Gasteiger partial charge in [0.05, 0.1) is 11.3 Å². The molecule has 0 atom stereocenters. The number of anilines is 1. The van der Waals surface area contributed by atoms with Crippen LogP contribution in [0.4, 0.5) is 9.52 Å². The lowest BCUT2D eigenvalue weighted by atomic mass is 10.3. The Hall–Kier alpha value is -0.720. The molecule has 0 amide bonds. The molecular weight excluding hydrogens is 295 g/mol. The van der Waals surface area contributed by atoms with Gasteiger partial charge in [0, 0.05) is 18.1 Å². The lowest BCUT2D eigenvalue weighted by Crippen LogP contribution is -2.06. The molecular formula is C10H10BrFN2OS. The minimum atomic E-state index is -0.305. The molecule has 2 rings (SSSR count). The normalized spacial score (nSPS) is 10.9. The number of nitrogens with one attached hydrogen (secondary N) is 1. The number of rotatable bonds is 4. The van der Waals surface area contributed by atoms with Crippen LogP contribution in [0.5, 0.6) is 0 Å². The van der Waals surface area contributed by atoms with E-state index in [1.165, 1.54) is 17.4 Å². The van der Waals surface area contributed by atoms with Crippen molar-refractivity contribution in [1.82, 2.24) is 4.98 Å². The van der Waals surface area contributed by atoms with E-state index in [-0.39, 0.29) is 5.82 Å². The highest BCUT2D eigenvalue weighted by molar-refractivity contribution is 9.10. The topological polar surface area (TPSA) is 34.1 Å². The number of fused-ring (bicyclic) bond motifs is 1. The number of ether oxygens (including phenoxy) is 1. The number of nitrogens with zero attached hydrogens (tertiary/aromatic N) is 1. The lowest BCUT2D eigenvalue weighted by molar-refractivity contribution is 0.211. The van der Waals surface area contributed by atoms with E-state index in [4.69, 9.17) is 4.74 Å². The number of hydrogen-bond acceptors (Lipinski definition) is 4. The van der Waals surface area contributed by atoms with E-state index in [0.717, 1.165) is 9.17 Å². The molecule has 1 aromatic carbocycles. The highest BCUT2D eigenvalue weighted by Crippen LogP contribution is 2.30. The molecule has 0 saturated heterocycles. The quantitative estimate of drug-likeness (QED) is 0.881. The second kappa shape index (κ2) is 5.07. The minimum Gasteiger partial charge on any atom is -0.383 e. The van der Waals surface area contributed by atoms with E-state index in [0.29, 0.717) is 23.8 Å². The zero-order valence-electron chi connectivity index (χ0n) is 8.59. The van der Waals surface area contributed by atoms with Crippen molar-refractivity contribution in [2.75, 3.05) is 25.6 Å². The van der Waals surface area contributed by atoms with Gasteiger partial charge >= 0.3 is 0 Å². The van der Waals surface area contributed by atoms with E-state index in [1.54, 1.807) is 7.11 Å². The maximum atomic E-state index is 13.5. The van der Waals surface area contributed by atoms with Crippen molar-refractivity contribution >= 4 is 42.6 Å². The second-order valence-corrected chi connectivity index (χ2v) is 5.12. The minimum absolute atomic E-state index is 0.305. The van der Waals surface area contributed by atoms with Crippen molar-refractivity contribution in [3.8, 4) is 0 Å². The SMILES string of the molecule is COCCNc1nc2c(F)cc(Br)cc2s1. The fourth-order valence-electron chi connectivity index (χ4n) is 1.29. The summed E-state index contributed by atoms with van der Waals surface area (Å²) in [5, 5.41) is 3.79. The first-order valence-electron chi connectivity index (χ1n) is 4.69. The van der Waals surface area contributed by atoms with Gasteiger partial charge in [-0.3, -0.25) is 0 Å². The summed E-state index contributed by atoms with van der Waals surface area (Å²) < 4.78 is 20.0. The Kier molecular flexibility index (Phi) is 3.73. The van der Waals surface area contributed by atoms with Gasteiger partial charge in [-0.25, -0.2) is 9.37 Å². The highest BCUT2D eigenvalue weighted by atomic mass is 79.9. The number of halogens is 2. The Bertz CT molecular complexity index is 503. The summed E-state index contributed by atoms with van der Waals surface area (Å²) in [5.74, 6) is -0.305. The van der Waals surface area contributed by atoms with E-state index >= 15 is 0 Å². The van der Waals surface area contributed by atoms with Gasteiger partial charge in [0.1, 0.15) is 5.52 Å². The van der Waals surface area contributed by atoms with Gasteiger partial charge in [0.15, 0.2) is 10.9 Å². The van der Waals surface area contributed by atoms with Crippen molar-refractivity contribution in [3.05, 3.63) is 22.4 Å². The first kappa shape index (κ1) is 11.8. The van der Waals surface area contributed by atoms with Crippen LogP contribution in [0, 0.1) is 5.82 Å². The molecule has 16 heavy (non-hydrogen) atoms. The summed E-state index contributed by atoms with van der Waals surface area (Å²) in [6.45, 7) is 1.27. The van der Waals surface area contributed by atoms with Crippen LogP contribution in [0.15, 0.2) is 16.6 Å². The summed E-state index contributed by atoms with van der Waals surface area (Å²) in [5.41, 5.74) is 0.410. The first-order chi connectivity index (χ1) is 7.70. The lowest BCUT2D eigenvalue weighted by Gasteiger charge is -1.99. The van der Waals surface area contributed by atoms with Crippen molar-refractivity contribution in [2.24, 2.45) is 0 Å². The van der Waals surface area contributed by atoms with Crippen LogP contribution in [0.2, 0.25) is 0 Å². The average molecular weight is 305 g/mol.